The van der Waals surface area contributed by atoms with Crippen molar-refractivity contribution in [2.45, 2.75) is 40.2 Å². The normalized spacial score (nSPS) is 12.5. The summed E-state index contributed by atoms with van der Waals surface area (Å²) < 4.78 is 0. The summed E-state index contributed by atoms with van der Waals surface area (Å²) in [5, 5.41) is 0. The Morgan fingerprint density at radius 2 is 2.12 bits per heavy atom. The standard InChI is InChI=1S/C14H22N2O/c1-5-12(4)10-16(11(2)3)14(17)13-7-6-8-15-9-13/h6-9,11-12H,5,10H2,1-4H3. The van der Waals surface area contributed by atoms with Crippen LogP contribution in [0, 0.1) is 5.92 Å². The number of carbonyl (C=O) groups excluding carboxylic acids is 1. The van der Waals surface area contributed by atoms with E-state index in [-0.39, 0.29) is 11.9 Å². The molecular weight excluding hydrogens is 212 g/mol. The molecule has 0 saturated carbocycles. The van der Waals surface area contributed by atoms with Crippen molar-refractivity contribution < 1.29 is 4.79 Å². The van der Waals surface area contributed by atoms with E-state index < -0.39 is 0 Å². The van der Waals surface area contributed by atoms with E-state index in [2.05, 4.69) is 32.7 Å². The number of aromatic nitrogens is 1. The van der Waals surface area contributed by atoms with Gasteiger partial charge in [-0.15, -0.1) is 0 Å². The van der Waals surface area contributed by atoms with Crippen molar-refractivity contribution in [1.29, 1.82) is 0 Å². The van der Waals surface area contributed by atoms with E-state index in [1.165, 1.54) is 0 Å². The number of amides is 1. The highest BCUT2D eigenvalue weighted by atomic mass is 16.2. The molecule has 1 unspecified atom stereocenters. The Hall–Kier alpha value is -1.38. The molecule has 3 heteroatoms. The van der Waals surface area contributed by atoms with Gasteiger partial charge in [0.15, 0.2) is 0 Å². The van der Waals surface area contributed by atoms with Crippen molar-refractivity contribution in [2.75, 3.05) is 6.54 Å². The molecule has 1 heterocycles. The Balaban J connectivity index is 2.81. The maximum atomic E-state index is 12.3. The summed E-state index contributed by atoms with van der Waals surface area (Å²) >= 11 is 0. The Labute approximate surface area is 104 Å². The van der Waals surface area contributed by atoms with E-state index in [9.17, 15) is 4.79 Å². The molecule has 1 aromatic heterocycles. The molecule has 0 radical (unpaired) electrons. The summed E-state index contributed by atoms with van der Waals surface area (Å²) in [5.41, 5.74) is 0.671. The van der Waals surface area contributed by atoms with E-state index in [1.54, 1.807) is 18.5 Å². The number of hydrogen-bond donors (Lipinski definition) is 0. The first-order valence-electron chi connectivity index (χ1n) is 6.27. The fraction of sp³-hybridized carbons (Fsp3) is 0.571. The van der Waals surface area contributed by atoms with Crippen LogP contribution in [0.4, 0.5) is 0 Å². The number of rotatable bonds is 5. The average molecular weight is 234 g/mol. The molecule has 1 amide bonds. The second-order valence-electron chi connectivity index (χ2n) is 4.81. The van der Waals surface area contributed by atoms with Gasteiger partial charge in [-0.3, -0.25) is 9.78 Å². The first-order chi connectivity index (χ1) is 8.06. The van der Waals surface area contributed by atoms with Crippen LogP contribution in [0.5, 0.6) is 0 Å². The van der Waals surface area contributed by atoms with E-state index in [1.807, 2.05) is 11.0 Å². The molecule has 17 heavy (non-hydrogen) atoms. The minimum absolute atomic E-state index is 0.0772. The van der Waals surface area contributed by atoms with Crippen LogP contribution in [0.15, 0.2) is 24.5 Å². The minimum Gasteiger partial charge on any atom is -0.336 e. The Morgan fingerprint density at radius 3 is 2.59 bits per heavy atom. The van der Waals surface area contributed by atoms with Gasteiger partial charge in [-0.2, -0.15) is 0 Å². The molecule has 1 aromatic rings. The van der Waals surface area contributed by atoms with Crippen LogP contribution in [0.2, 0.25) is 0 Å². The number of pyridine rings is 1. The molecule has 0 fully saturated rings. The first-order valence-corrected chi connectivity index (χ1v) is 6.27. The van der Waals surface area contributed by atoms with Crippen LogP contribution in [0.25, 0.3) is 0 Å². The smallest absolute Gasteiger partial charge is 0.255 e. The zero-order valence-corrected chi connectivity index (χ0v) is 11.2. The summed E-state index contributed by atoms with van der Waals surface area (Å²) in [5.74, 6) is 0.603. The van der Waals surface area contributed by atoms with Crippen molar-refractivity contribution >= 4 is 5.91 Å². The number of carbonyl (C=O) groups is 1. The van der Waals surface area contributed by atoms with Gasteiger partial charge >= 0.3 is 0 Å². The molecule has 0 aliphatic heterocycles. The predicted molar refractivity (Wildman–Crippen MR) is 69.9 cm³/mol. The second kappa shape index (κ2) is 6.38. The van der Waals surface area contributed by atoms with Crippen LogP contribution < -0.4 is 0 Å². The third-order valence-corrected chi connectivity index (χ3v) is 3.00. The van der Waals surface area contributed by atoms with Gasteiger partial charge in [0.05, 0.1) is 5.56 Å². The second-order valence-corrected chi connectivity index (χ2v) is 4.81. The predicted octanol–water partition coefficient (Wildman–Crippen LogP) is 2.98. The highest BCUT2D eigenvalue weighted by Crippen LogP contribution is 2.12. The lowest BCUT2D eigenvalue weighted by Crippen LogP contribution is -2.39. The number of nitrogens with zero attached hydrogens (tertiary/aromatic N) is 2. The summed E-state index contributed by atoms with van der Waals surface area (Å²) in [4.78, 5) is 18.2. The van der Waals surface area contributed by atoms with Gasteiger partial charge < -0.3 is 4.90 Å². The largest absolute Gasteiger partial charge is 0.336 e. The summed E-state index contributed by atoms with van der Waals surface area (Å²) in [6.45, 7) is 9.23. The molecule has 94 valence electrons. The van der Waals surface area contributed by atoms with Gasteiger partial charge in [-0.1, -0.05) is 20.3 Å². The lowest BCUT2D eigenvalue weighted by atomic mass is 10.1. The highest BCUT2D eigenvalue weighted by Gasteiger charge is 2.20. The fourth-order valence-corrected chi connectivity index (χ4v) is 1.65. The van der Waals surface area contributed by atoms with Gasteiger partial charge in [-0.25, -0.2) is 0 Å². The molecule has 0 bridgehead atoms. The molecule has 0 saturated heterocycles. The van der Waals surface area contributed by atoms with Crippen LogP contribution in [0.3, 0.4) is 0 Å². The molecule has 1 rings (SSSR count). The van der Waals surface area contributed by atoms with E-state index >= 15 is 0 Å². The maximum absolute atomic E-state index is 12.3. The van der Waals surface area contributed by atoms with Gasteiger partial charge in [-0.05, 0) is 31.9 Å². The minimum atomic E-state index is 0.0772. The van der Waals surface area contributed by atoms with Crippen molar-refractivity contribution in [3.05, 3.63) is 30.1 Å². The summed E-state index contributed by atoms with van der Waals surface area (Å²) in [6.07, 6.45) is 4.41. The van der Waals surface area contributed by atoms with Gasteiger partial charge in [0.25, 0.3) is 5.91 Å². The maximum Gasteiger partial charge on any atom is 0.255 e. The third kappa shape index (κ3) is 3.84. The lowest BCUT2D eigenvalue weighted by Gasteiger charge is -2.29. The zero-order chi connectivity index (χ0) is 12.8. The van der Waals surface area contributed by atoms with Crippen LogP contribution >= 0.6 is 0 Å². The monoisotopic (exact) mass is 234 g/mol. The van der Waals surface area contributed by atoms with Gasteiger partial charge in [0.1, 0.15) is 0 Å². The number of hydrogen-bond acceptors (Lipinski definition) is 2. The molecule has 0 aromatic carbocycles. The molecule has 0 spiro atoms. The molecule has 0 N–H and O–H groups in total. The Morgan fingerprint density at radius 1 is 1.41 bits per heavy atom. The van der Waals surface area contributed by atoms with E-state index in [0.717, 1.165) is 13.0 Å². The molecule has 0 aliphatic rings. The van der Waals surface area contributed by atoms with E-state index in [4.69, 9.17) is 0 Å². The van der Waals surface area contributed by atoms with Gasteiger partial charge in [0, 0.05) is 25.0 Å². The third-order valence-electron chi connectivity index (χ3n) is 3.00. The Bertz CT molecular complexity index is 348. The SMILES string of the molecule is CCC(C)CN(C(=O)c1cccnc1)C(C)C. The lowest BCUT2D eigenvalue weighted by molar-refractivity contribution is 0.0675. The van der Waals surface area contributed by atoms with Crippen molar-refractivity contribution in [1.82, 2.24) is 9.88 Å². The summed E-state index contributed by atoms with van der Waals surface area (Å²) in [6, 6.07) is 3.84. The molecule has 0 aliphatic carbocycles. The topological polar surface area (TPSA) is 33.2 Å². The van der Waals surface area contributed by atoms with Crippen LogP contribution in [0.1, 0.15) is 44.5 Å². The Kier molecular flexibility index (Phi) is 5.13. The van der Waals surface area contributed by atoms with Gasteiger partial charge in [0.2, 0.25) is 0 Å². The fourth-order valence-electron chi connectivity index (χ4n) is 1.65. The zero-order valence-electron chi connectivity index (χ0n) is 11.2. The van der Waals surface area contributed by atoms with Crippen LogP contribution in [-0.2, 0) is 0 Å². The molecular formula is C14H22N2O. The van der Waals surface area contributed by atoms with Crippen molar-refractivity contribution in [3.63, 3.8) is 0 Å². The summed E-state index contributed by atoms with van der Waals surface area (Å²) in [7, 11) is 0. The first kappa shape index (κ1) is 13.7. The van der Waals surface area contributed by atoms with E-state index in [0.29, 0.717) is 11.5 Å². The average Bonchev–Trinajstić information content (AvgIpc) is 2.35. The quantitative estimate of drug-likeness (QED) is 0.784. The van der Waals surface area contributed by atoms with Crippen molar-refractivity contribution in [3.8, 4) is 0 Å². The molecule has 1 atom stereocenters. The molecule has 3 nitrogen and oxygen atoms in total. The van der Waals surface area contributed by atoms with Crippen molar-refractivity contribution in [2.24, 2.45) is 5.92 Å². The van der Waals surface area contributed by atoms with Crippen LogP contribution in [-0.4, -0.2) is 28.4 Å². The highest BCUT2D eigenvalue weighted by molar-refractivity contribution is 5.94.